The van der Waals surface area contributed by atoms with Crippen molar-refractivity contribution in [3.05, 3.63) is 47.2 Å². The van der Waals surface area contributed by atoms with Crippen LogP contribution < -0.4 is 14.4 Å². The minimum absolute atomic E-state index is 0.0286. The summed E-state index contributed by atoms with van der Waals surface area (Å²) in [5, 5.41) is 0.208. The smallest absolute Gasteiger partial charge is 0.275 e. The number of rotatable bonds is 3. The van der Waals surface area contributed by atoms with Gasteiger partial charge in [0.25, 0.3) is 5.91 Å². The van der Waals surface area contributed by atoms with Crippen LogP contribution in [-0.4, -0.2) is 26.2 Å². The van der Waals surface area contributed by atoms with Crippen molar-refractivity contribution < 1.29 is 22.3 Å². The average Bonchev–Trinajstić information content (AvgIpc) is 2.48. The minimum atomic E-state index is -3.48. The molecule has 0 aliphatic carbocycles. The number of sulfonamides is 1. The van der Waals surface area contributed by atoms with Crippen LogP contribution in [0.15, 0.2) is 36.4 Å². The molecule has 1 amide bonds. The second kappa shape index (κ2) is 6.14. The number of carbonyl (C=O) groups is 1. The lowest BCUT2D eigenvalue weighted by Crippen LogP contribution is -2.50. The lowest BCUT2D eigenvalue weighted by atomic mass is 10.0. The summed E-state index contributed by atoms with van der Waals surface area (Å²) in [4.78, 5) is 14.1. The van der Waals surface area contributed by atoms with E-state index in [2.05, 4.69) is 4.72 Å². The van der Waals surface area contributed by atoms with Crippen molar-refractivity contribution >= 4 is 44.6 Å². The van der Waals surface area contributed by atoms with Crippen LogP contribution in [0.2, 0.25) is 5.02 Å². The van der Waals surface area contributed by atoms with E-state index in [4.69, 9.17) is 16.3 Å². The summed E-state index contributed by atoms with van der Waals surface area (Å²) in [6, 6.07) is 8.41. The van der Waals surface area contributed by atoms with Crippen molar-refractivity contribution in [3.63, 3.8) is 0 Å². The normalized spacial score (nSPS) is 16.0. The van der Waals surface area contributed by atoms with Gasteiger partial charge in [-0.3, -0.25) is 14.4 Å². The maximum absolute atomic E-state index is 14.4. The average molecular weight is 399 g/mol. The fourth-order valence-electron chi connectivity index (χ4n) is 2.66. The zero-order valence-electron chi connectivity index (χ0n) is 14.2. The van der Waals surface area contributed by atoms with Crippen molar-refractivity contribution in [2.45, 2.75) is 19.4 Å². The zero-order chi connectivity index (χ0) is 19.3. The van der Waals surface area contributed by atoms with Gasteiger partial charge >= 0.3 is 0 Å². The maximum Gasteiger partial charge on any atom is 0.275 e. The molecule has 0 atom stereocenters. The van der Waals surface area contributed by atoms with Crippen molar-refractivity contribution in [1.29, 1.82) is 0 Å². The number of anilines is 3. The van der Waals surface area contributed by atoms with Crippen LogP contribution in [0.4, 0.5) is 21.5 Å². The number of amides is 1. The van der Waals surface area contributed by atoms with E-state index in [1.807, 2.05) is 0 Å². The fourth-order valence-corrected chi connectivity index (χ4v) is 3.37. The van der Waals surface area contributed by atoms with Gasteiger partial charge in [0, 0.05) is 11.1 Å². The van der Waals surface area contributed by atoms with Crippen LogP contribution >= 0.6 is 11.6 Å². The molecule has 9 heteroatoms. The summed E-state index contributed by atoms with van der Waals surface area (Å²) in [7, 11) is -3.48. The highest BCUT2D eigenvalue weighted by molar-refractivity contribution is 7.92. The molecule has 0 aromatic heterocycles. The summed E-state index contributed by atoms with van der Waals surface area (Å²) >= 11 is 5.80. The van der Waals surface area contributed by atoms with Gasteiger partial charge in [0.15, 0.2) is 5.60 Å². The summed E-state index contributed by atoms with van der Waals surface area (Å²) < 4.78 is 45.4. The Morgan fingerprint density at radius 1 is 1.15 bits per heavy atom. The third-order valence-corrected chi connectivity index (χ3v) is 4.58. The fraction of sp³-hybridized carbons (Fsp3) is 0.235. The highest BCUT2D eigenvalue weighted by Gasteiger charge is 2.42. The van der Waals surface area contributed by atoms with Crippen molar-refractivity contribution in [1.82, 2.24) is 0 Å². The Balaban J connectivity index is 2.16. The summed E-state index contributed by atoms with van der Waals surface area (Å²) in [6.45, 7) is 3.10. The molecule has 0 saturated carbocycles. The second-order valence-corrected chi connectivity index (χ2v) is 8.59. The van der Waals surface area contributed by atoms with Crippen molar-refractivity contribution in [2.75, 3.05) is 15.9 Å². The number of fused-ring (bicyclic) bond motifs is 1. The molecule has 1 heterocycles. The molecule has 0 fully saturated rings. The number of halogens is 2. The first-order valence-corrected chi connectivity index (χ1v) is 9.85. The molecule has 0 bridgehead atoms. The van der Waals surface area contributed by atoms with E-state index in [9.17, 15) is 17.6 Å². The van der Waals surface area contributed by atoms with Crippen molar-refractivity contribution in [3.8, 4) is 5.75 Å². The Hall–Kier alpha value is -2.32. The van der Waals surface area contributed by atoms with Gasteiger partial charge in [-0.1, -0.05) is 11.6 Å². The van der Waals surface area contributed by atoms with Crippen LogP contribution in [0, 0.1) is 5.82 Å². The monoisotopic (exact) mass is 398 g/mol. The predicted molar refractivity (Wildman–Crippen MR) is 98.2 cm³/mol. The largest absolute Gasteiger partial charge is 0.476 e. The molecular formula is C17H16ClFN2O4S. The Kier molecular flexibility index (Phi) is 4.36. The third-order valence-electron chi connectivity index (χ3n) is 3.74. The summed E-state index contributed by atoms with van der Waals surface area (Å²) in [5.74, 6) is -0.875. The predicted octanol–water partition coefficient (Wildman–Crippen LogP) is 3.69. The Morgan fingerprint density at radius 2 is 1.81 bits per heavy atom. The molecule has 2 aromatic rings. The number of nitrogens with zero attached hydrogens (tertiary/aromatic N) is 1. The van der Waals surface area contributed by atoms with Crippen LogP contribution in [-0.2, 0) is 14.8 Å². The second-order valence-electron chi connectivity index (χ2n) is 6.41. The standard InChI is InChI=1S/C17H16ClFN2O4S/c1-17(2)16(22)21(13-6-4-10(18)8-12(13)19)14-7-5-11(9-15(14)25-17)20-26(3,23)24/h4-9,20H,1-3H3. The van der Waals surface area contributed by atoms with E-state index in [0.29, 0.717) is 5.69 Å². The highest BCUT2D eigenvalue weighted by atomic mass is 35.5. The maximum atomic E-state index is 14.4. The van der Waals surface area contributed by atoms with Crippen molar-refractivity contribution in [2.24, 2.45) is 0 Å². The van der Waals surface area contributed by atoms with Crippen LogP contribution in [0.3, 0.4) is 0 Å². The molecule has 0 radical (unpaired) electrons. The van der Waals surface area contributed by atoms with Gasteiger partial charge < -0.3 is 4.74 Å². The first-order chi connectivity index (χ1) is 12.0. The van der Waals surface area contributed by atoms with Gasteiger partial charge in [-0.15, -0.1) is 0 Å². The molecule has 1 N–H and O–H groups in total. The van der Waals surface area contributed by atoms with E-state index in [1.54, 1.807) is 13.8 Å². The Morgan fingerprint density at radius 3 is 2.42 bits per heavy atom. The molecule has 6 nitrogen and oxygen atoms in total. The Labute approximate surface area is 155 Å². The van der Waals surface area contributed by atoms with Crippen LogP contribution in [0.1, 0.15) is 13.8 Å². The zero-order valence-corrected chi connectivity index (χ0v) is 15.8. The van der Waals surface area contributed by atoms with Gasteiger partial charge in [0.05, 0.1) is 23.3 Å². The summed E-state index contributed by atoms with van der Waals surface area (Å²) in [6.07, 6.45) is 1.02. The third kappa shape index (κ3) is 3.47. The lowest BCUT2D eigenvalue weighted by molar-refractivity contribution is -0.131. The quantitative estimate of drug-likeness (QED) is 0.855. The molecule has 26 heavy (non-hydrogen) atoms. The number of hydrogen-bond donors (Lipinski definition) is 1. The molecule has 1 aliphatic heterocycles. The highest BCUT2D eigenvalue weighted by Crippen LogP contribution is 2.44. The van der Waals surface area contributed by atoms with Crippen LogP contribution in [0.25, 0.3) is 0 Å². The van der Waals surface area contributed by atoms with Gasteiger partial charge in [-0.2, -0.15) is 0 Å². The first-order valence-electron chi connectivity index (χ1n) is 7.58. The van der Waals surface area contributed by atoms with Gasteiger partial charge in [-0.25, -0.2) is 12.8 Å². The molecule has 2 aromatic carbocycles. The van der Waals surface area contributed by atoms with Crippen LogP contribution in [0.5, 0.6) is 5.75 Å². The molecule has 0 spiro atoms. The molecule has 138 valence electrons. The molecular weight excluding hydrogens is 383 g/mol. The lowest BCUT2D eigenvalue weighted by Gasteiger charge is -2.39. The number of hydrogen-bond acceptors (Lipinski definition) is 4. The number of nitrogens with one attached hydrogen (secondary N) is 1. The summed E-state index contributed by atoms with van der Waals surface area (Å²) in [5.41, 5.74) is -0.675. The first kappa shape index (κ1) is 18.5. The van der Waals surface area contributed by atoms with E-state index in [-0.39, 0.29) is 22.1 Å². The van der Waals surface area contributed by atoms with E-state index >= 15 is 0 Å². The molecule has 0 unspecified atom stereocenters. The molecule has 0 saturated heterocycles. The topological polar surface area (TPSA) is 75.7 Å². The number of benzene rings is 2. The molecule has 3 rings (SSSR count). The number of carbonyl (C=O) groups excluding carboxylic acids is 1. The van der Waals surface area contributed by atoms with E-state index in [1.165, 1.54) is 35.2 Å². The van der Waals surface area contributed by atoms with E-state index < -0.39 is 27.3 Å². The van der Waals surface area contributed by atoms with E-state index in [0.717, 1.165) is 12.3 Å². The SMILES string of the molecule is CC1(C)Oc2cc(NS(C)(=O)=O)ccc2N(c2ccc(Cl)cc2F)C1=O. The van der Waals surface area contributed by atoms with Gasteiger partial charge in [-0.05, 0) is 44.2 Å². The molecule has 1 aliphatic rings. The Bertz CT molecular complexity index is 1010. The number of ether oxygens (including phenoxy) is 1. The van der Waals surface area contributed by atoms with Gasteiger partial charge in [0.2, 0.25) is 10.0 Å². The minimum Gasteiger partial charge on any atom is -0.476 e. The van der Waals surface area contributed by atoms with Gasteiger partial charge in [0.1, 0.15) is 11.6 Å².